The monoisotopic (exact) mass is 277 g/mol. The topological polar surface area (TPSA) is 47.6 Å². The molecular weight excluding hydrogens is 254 g/mol. The molecule has 0 bridgehead atoms. The molecule has 4 heteroatoms. The Morgan fingerprint density at radius 3 is 2.55 bits per heavy atom. The van der Waals surface area contributed by atoms with E-state index in [1.54, 1.807) is 19.2 Å². The van der Waals surface area contributed by atoms with E-state index in [4.69, 9.17) is 9.47 Å². The first-order chi connectivity index (χ1) is 9.54. The third kappa shape index (κ3) is 3.31. The maximum Gasteiger partial charge on any atom is 0.342 e. The molecule has 0 saturated carbocycles. The fourth-order valence-corrected chi connectivity index (χ4v) is 2.71. The second-order valence-electron chi connectivity index (χ2n) is 5.72. The molecule has 4 nitrogen and oxygen atoms in total. The van der Waals surface area contributed by atoms with Crippen molar-refractivity contribution in [3.8, 4) is 5.75 Å². The highest BCUT2D eigenvalue weighted by Crippen LogP contribution is 2.31. The Hall–Kier alpha value is -1.55. The number of piperidine rings is 1. The molecule has 1 heterocycles. The van der Waals surface area contributed by atoms with Crippen LogP contribution in [0.25, 0.3) is 0 Å². The van der Waals surface area contributed by atoms with E-state index in [1.807, 2.05) is 26.0 Å². The number of benzene rings is 1. The summed E-state index contributed by atoms with van der Waals surface area (Å²) in [5, 5.41) is 3.33. The highest BCUT2D eigenvalue weighted by Gasteiger charge is 2.34. The second kappa shape index (κ2) is 6.27. The summed E-state index contributed by atoms with van der Waals surface area (Å²) in [6, 6.07) is 7.16. The van der Waals surface area contributed by atoms with E-state index in [2.05, 4.69) is 5.32 Å². The van der Waals surface area contributed by atoms with E-state index >= 15 is 0 Å². The molecule has 1 N–H and O–H groups in total. The Morgan fingerprint density at radius 1 is 1.25 bits per heavy atom. The van der Waals surface area contributed by atoms with E-state index in [1.165, 1.54) is 0 Å². The van der Waals surface area contributed by atoms with Crippen molar-refractivity contribution in [3.63, 3.8) is 0 Å². The highest BCUT2D eigenvalue weighted by molar-refractivity contribution is 5.92. The molecule has 0 spiro atoms. The van der Waals surface area contributed by atoms with Gasteiger partial charge in [0.15, 0.2) is 0 Å². The molecule has 0 radical (unpaired) electrons. The number of para-hydroxylation sites is 1. The van der Waals surface area contributed by atoms with Gasteiger partial charge in [0.2, 0.25) is 0 Å². The first-order valence-electron chi connectivity index (χ1n) is 7.11. The highest BCUT2D eigenvalue weighted by atomic mass is 16.6. The van der Waals surface area contributed by atoms with Crippen LogP contribution < -0.4 is 10.1 Å². The average Bonchev–Trinajstić information content (AvgIpc) is 2.47. The second-order valence-corrected chi connectivity index (χ2v) is 5.72. The van der Waals surface area contributed by atoms with Crippen LogP contribution in [0.3, 0.4) is 0 Å². The van der Waals surface area contributed by atoms with Gasteiger partial charge < -0.3 is 14.8 Å². The lowest BCUT2D eigenvalue weighted by Crippen LogP contribution is -2.42. The molecule has 1 aliphatic rings. The summed E-state index contributed by atoms with van der Waals surface area (Å²) in [7, 11) is 1.56. The van der Waals surface area contributed by atoms with Gasteiger partial charge in [-0.1, -0.05) is 12.1 Å². The van der Waals surface area contributed by atoms with Crippen molar-refractivity contribution >= 4 is 5.97 Å². The molecule has 0 aliphatic carbocycles. The largest absolute Gasteiger partial charge is 0.496 e. The van der Waals surface area contributed by atoms with Gasteiger partial charge in [-0.25, -0.2) is 4.79 Å². The van der Waals surface area contributed by atoms with Crippen molar-refractivity contribution in [1.29, 1.82) is 0 Å². The number of esters is 1. The van der Waals surface area contributed by atoms with Gasteiger partial charge in [0.1, 0.15) is 16.9 Å². The van der Waals surface area contributed by atoms with Gasteiger partial charge in [-0.3, -0.25) is 0 Å². The lowest BCUT2D eigenvalue weighted by molar-refractivity contribution is -0.0370. The molecule has 1 fully saturated rings. The molecule has 0 amide bonds. The minimum absolute atomic E-state index is 0.314. The molecule has 1 aromatic rings. The van der Waals surface area contributed by atoms with Crippen molar-refractivity contribution in [1.82, 2.24) is 5.32 Å². The Bertz CT molecular complexity index is 465. The normalized spacial score (nSPS) is 16.8. The van der Waals surface area contributed by atoms with Crippen molar-refractivity contribution < 1.29 is 14.3 Å². The zero-order chi connectivity index (χ0) is 14.6. The maximum absolute atomic E-state index is 12.4. The molecule has 1 aromatic carbocycles. The van der Waals surface area contributed by atoms with Crippen molar-refractivity contribution in [2.24, 2.45) is 5.92 Å². The van der Waals surface area contributed by atoms with E-state index in [-0.39, 0.29) is 5.97 Å². The Kier molecular flexibility index (Phi) is 4.65. The number of hydrogen-bond donors (Lipinski definition) is 1. The maximum atomic E-state index is 12.4. The van der Waals surface area contributed by atoms with Gasteiger partial charge in [-0.2, -0.15) is 0 Å². The number of methoxy groups -OCH3 is 1. The van der Waals surface area contributed by atoms with Crippen LogP contribution in [0.4, 0.5) is 0 Å². The fraction of sp³-hybridized carbons (Fsp3) is 0.562. The fourth-order valence-electron chi connectivity index (χ4n) is 2.71. The average molecular weight is 277 g/mol. The summed E-state index contributed by atoms with van der Waals surface area (Å²) in [6.07, 6.45) is 2.07. The minimum Gasteiger partial charge on any atom is -0.496 e. The molecule has 2 rings (SSSR count). The quantitative estimate of drug-likeness (QED) is 0.859. The predicted molar refractivity (Wildman–Crippen MR) is 78.1 cm³/mol. The Labute approximate surface area is 120 Å². The number of carbonyl (C=O) groups excluding carboxylic acids is 1. The van der Waals surface area contributed by atoms with E-state index < -0.39 is 5.60 Å². The summed E-state index contributed by atoms with van der Waals surface area (Å²) in [5.41, 5.74) is 0.0250. The van der Waals surface area contributed by atoms with Gasteiger partial charge >= 0.3 is 5.97 Å². The van der Waals surface area contributed by atoms with Crippen molar-refractivity contribution in [3.05, 3.63) is 29.8 Å². The summed E-state index contributed by atoms with van der Waals surface area (Å²) in [4.78, 5) is 12.4. The van der Waals surface area contributed by atoms with E-state index in [0.29, 0.717) is 17.2 Å². The van der Waals surface area contributed by atoms with Crippen LogP contribution in [0, 0.1) is 5.92 Å². The van der Waals surface area contributed by atoms with Crippen LogP contribution in [0.2, 0.25) is 0 Å². The number of nitrogens with one attached hydrogen (secondary N) is 1. The van der Waals surface area contributed by atoms with Gasteiger partial charge in [0, 0.05) is 5.92 Å². The minimum atomic E-state index is -0.458. The first kappa shape index (κ1) is 14.9. The standard InChI is InChI=1S/C16H23NO3/c1-16(2,12-8-10-17-11-9-12)20-15(18)13-6-4-5-7-14(13)19-3/h4-7,12,17H,8-11H2,1-3H3. The number of hydrogen-bond acceptors (Lipinski definition) is 4. The van der Waals surface area contributed by atoms with Gasteiger partial charge in [-0.05, 0) is 51.9 Å². The van der Waals surface area contributed by atoms with Gasteiger partial charge in [0.05, 0.1) is 7.11 Å². The van der Waals surface area contributed by atoms with Crippen LogP contribution in [0.1, 0.15) is 37.0 Å². The molecular formula is C16H23NO3. The van der Waals surface area contributed by atoms with Crippen molar-refractivity contribution in [2.75, 3.05) is 20.2 Å². The number of rotatable bonds is 4. The summed E-state index contributed by atoms with van der Waals surface area (Å²) in [5.74, 6) is 0.631. The van der Waals surface area contributed by atoms with Crippen molar-refractivity contribution in [2.45, 2.75) is 32.3 Å². The molecule has 1 aliphatic heterocycles. The Balaban J connectivity index is 2.09. The molecule has 0 unspecified atom stereocenters. The van der Waals surface area contributed by atoms with Crippen LogP contribution in [0.5, 0.6) is 5.75 Å². The molecule has 1 saturated heterocycles. The molecule has 0 aromatic heterocycles. The zero-order valence-electron chi connectivity index (χ0n) is 12.4. The molecule has 20 heavy (non-hydrogen) atoms. The molecule has 110 valence electrons. The van der Waals surface area contributed by atoms with Crippen LogP contribution in [0.15, 0.2) is 24.3 Å². The zero-order valence-corrected chi connectivity index (χ0v) is 12.4. The number of carbonyl (C=O) groups is 1. The SMILES string of the molecule is COc1ccccc1C(=O)OC(C)(C)C1CCNCC1. The third-order valence-electron chi connectivity index (χ3n) is 4.00. The summed E-state index contributed by atoms with van der Waals surface area (Å²) < 4.78 is 11.0. The van der Waals surface area contributed by atoms with Crippen LogP contribution in [-0.4, -0.2) is 31.8 Å². The van der Waals surface area contributed by atoms with Crippen LogP contribution >= 0.6 is 0 Å². The lowest BCUT2D eigenvalue weighted by Gasteiger charge is -2.36. The number of ether oxygens (including phenoxy) is 2. The molecule has 0 atom stereocenters. The van der Waals surface area contributed by atoms with E-state index in [9.17, 15) is 4.79 Å². The third-order valence-corrected chi connectivity index (χ3v) is 4.00. The smallest absolute Gasteiger partial charge is 0.342 e. The van der Waals surface area contributed by atoms with E-state index in [0.717, 1.165) is 25.9 Å². The van der Waals surface area contributed by atoms with Gasteiger partial charge in [-0.15, -0.1) is 0 Å². The predicted octanol–water partition coefficient (Wildman–Crippen LogP) is 2.63. The Morgan fingerprint density at radius 2 is 1.90 bits per heavy atom. The first-order valence-corrected chi connectivity index (χ1v) is 7.11. The summed E-state index contributed by atoms with van der Waals surface area (Å²) >= 11 is 0. The lowest BCUT2D eigenvalue weighted by atomic mass is 9.83. The van der Waals surface area contributed by atoms with Crippen LogP contribution in [-0.2, 0) is 4.74 Å². The summed E-state index contributed by atoms with van der Waals surface area (Å²) in [6.45, 7) is 5.97. The van der Waals surface area contributed by atoms with Gasteiger partial charge in [0.25, 0.3) is 0 Å².